The highest BCUT2D eigenvalue weighted by Crippen LogP contribution is 2.24. The summed E-state index contributed by atoms with van der Waals surface area (Å²) >= 11 is 1.97. The standard InChI is InChI=1S/C9H17IN2O3.ClH/c1-9(2,3)12(10)6(8(14)15)4-5-7(11)13;/h6H,4-5H2,1-3H3,(H2,11,13)(H,14,15);1H. The zero-order valence-corrected chi connectivity index (χ0v) is 12.5. The van der Waals surface area contributed by atoms with E-state index < -0.39 is 17.9 Å². The van der Waals surface area contributed by atoms with Gasteiger partial charge in [0.15, 0.2) is 0 Å². The van der Waals surface area contributed by atoms with Crippen LogP contribution < -0.4 is 5.73 Å². The van der Waals surface area contributed by atoms with Gasteiger partial charge >= 0.3 is 5.97 Å². The topological polar surface area (TPSA) is 83.6 Å². The number of hydrogen-bond donors (Lipinski definition) is 2. The lowest BCUT2D eigenvalue weighted by Gasteiger charge is -2.34. The monoisotopic (exact) mass is 364 g/mol. The SMILES string of the molecule is CC(C)(C)N(I)C(CCC(N)=O)C(=O)O.Cl. The summed E-state index contributed by atoms with van der Waals surface area (Å²) in [5, 5.41) is 9.02. The molecule has 0 fully saturated rings. The number of primary amides is 1. The van der Waals surface area contributed by atoms with Gasteiger partial charge < -0.3 is 10.8 Å². The Morgan fingerprint density at radius 3 is 2.12 bits per heavy atom. The molecule has 1 unspecified atom stereocenters. The van der Waals surface area contributed by atoms with Gasteiger partial charge in [0.2, 0.25) is 5.91 Å². The van der Waals surface area contributed by atoms with Crippen molar-refractivity contribution < 1.29 is 14.7 Å². The van der Waals surface area contributed by atoms with Crippen LogP contribution in [0.15, 0.2) is 0 Å². The second-order valence-electron chi connectivity index (χ2n) is 4.34. The van der Waals surface area contributed by atoms with E-state index in [1.54, 1.807) is 3.11 Å². The van der Waals surface area contributed by atoms with Gasteiger partial charge in [-0.3, -0.25) is 9.59 Å². The van der Waals surface area contributed by atoms with Crippen LogP contribution in [0.25, 0.3) is 0 Å². The van der Waals surface area contributed by atoms with Crippen LogP contribution in [-0.4, -0.2) is 31.7 Å². The van der Waals surface area contributed by atoms with E-state index in [4.69, 9.17) is 10.8 Å². The second-order valence-corrected chi connectivity index (χ2v) is 5.38. The zero-order chi connectivity index (χ0) is 12.2. The molecule has 7 heteroatoms. The van der Waals surface area contributed by atoms with Crippen LogP contribution in [0, 0.1) is 0 Å². The Bertz CT molecular complexity index is 256. The summed E-state index contributed by atoms with van der Waals surface area (Å²) in [6.45, 7) is 5.75. The summed E-state index contributed by atoms with van der Waals surface area (Å²) in [7, 11) is 0. The Balaban J connectivity index is 0. The molecule has 0 heterocycles. The number of nitrogens with two attached hydrogens (primary N) is 1. The number of aliphatic carboxylic acids is 1. The summed E-state index contributed by atoms with van der Waals surface area (Å²) in [5.41, 5.74) is 4.73. The van der Waals surface area contributed by atoms with Gasteiger partial charge in [0.05, 0.1) is 0 Å². The molecule has 16 heavy (non-hydrogen) atoms. The maximum atomic E-state index is 11.0. The predicted octanol–water partition coefficient (Wildman–Crippen LogP) is 1.58. The first-order chi connectivity index (χ1) is 6.66. The largest absolute Gasteiger partial charge is 0.480 e. The predicted molar refractivity (Wildman–Crippen MR) is 72.7 cm³/mol. The first-order valence-corrected chi connectivity index (χ1v) is 5.59. The molecule has 0 saturated carbocycles. The van der Waals surface area contributed by atoms with E-state index in [1.807, 2.05) is 43.6 Å². The molecule has 0 aromatic heterocycles. The van der Waals surface area contributed by atoms with E-state index in [1.165, 1.54) is 0 Å². The zero-order valence-electron chi connectivity index (χ0n) is 9.57. The molecule has 0 aliphatic rings. The first kappa shape index (κ1) is 18.3. The average molecular weight is 365 g/mol. The number of amides is 1. The number of hydrogen-bond acceptors (Lipinski definition) is 3. The third kappa shape index (κ3) is 6.49. The Morgan fingerprint density at radius 2 is 1.88 bits per heavy atom. The quantitative estimate of drug-likeness (QED) is 0.573. The number of rotatable bonds is 5. The van der Waals surface area contributed by atoms with Crippen LogP contribution >= 0.6 is 35.3 Å². The van der Waals surface area contributed by atoms with Crippen molar-refractivity contribution in [3.8, 4) is 0 Å². The molecule has 0 rings (SSSR count). The Kier molecular flexibility index (Phi) is 8.33. The fourth-order valence-corrected chi connectivity index (χ4v) is 1.60. The minimum atomic E-state index is -0.930. The Hall–Kier alpha value is -0.0800. The number of carboxylic acid groups (broad SMARTS) is 1. The summed E-state index contributed by atoms with van der Waals surface area (Å²) in [4.78, 5) is 21.6. The van der Waals surface area contributed by atoms with Gasteiger partial charge in [-0.25, -0.2) is 3.11 Å². The third-order valence-electron chi connectivity index (χ3n) is 1.86. The molecular formula is C9H18ClIN2O3. The Morgan fingerprint density at radius 1 is 1.44 bits per heavy atom. The molecule has 0 aliphatic heterocycles. The van der Waals surface area contributed by atoms with Crippen molar-refractivity contribution in [3.63, 3.8) is 0 Å². The van der Waals surface area contributed by atoms with E-state index in [2.05, 4.69) is 0 Å². The van der Waals surface area contributed by atoms with Gasteiger partial charge in [-0.2, -0.15) is 0 Å². The van der Waals surface area contributed by atoms with Gasteiger partial charge in [-0.15, -0.1) is 12.4 Å². The fraction of sp³-hybridized carbons (Fsp3) is 0.778. The van der Waals surface area contributed by atoms with E-state index in [9.17, 15) is 9.59 Å². The summed E-state index contributed by atoms with van der Waals surface area (Å²) in [6, 6.07) is -0.682. The van der Waals surface area contributed by atoms with Crippen LogP contribution in [-0.2, 0) is 9.59 Å². The third-order valence-corrected chi connectivity index (χ3v) is 3.98. The van der Waals surface area contributed by atoms with Gasteiger partial charge in [0.25, 0.3) is 0 Å². The Labute approximate surface area is 116 Å². The smallest absolute Gasteiger partial charge is 0.321 e. The fourth-order valence-electron chi connectivity index (χ4n) is 1.08. The number of carbonyl (C=O) groups is 2. The second kappa shape index (κ2) is 7.29. The van der Waals surface area contributed by atoms with E-state index in [-0.39, 0.29) is 30.8 Å². The molecule has 1 amide bonds. The van der Waals surface area contributed by atoms with Crippen LogP contribution in [0.1, 0.15) is 33.6 Å². The number of halogens is 2. The maximum Gasteiger partial charge on any atom is 0.321 e. The highest BCUT2D eigenvalue weighted by atomic mass is 127. The highest BCUT2D eigenvalue weighted by Gasteiger charge is 2.31. The van der Waals surface area contributed by atoms with Crippen LogP contribution in [0.3, 0.4) is 0 Å². The molecular weight excluding hydrogens is 346 g/mol. The summed E-state index contributed by atoms with van der Waals surface area (Å²) in [5.74, 6) is -1.40. The maximum absolute atomic E-state index is 11.0. The lowest BCUT2D eigenvalue weighted by Crippen LogP contribution is -2.45. The lowest BCUT2D eigenvalue weighted by molar-refractivity contribution is -0.142. The lowest BCUT2D eigenvalue weighted by atomic mass is 10.0. The van der Waals surface area contributed by atoms with Gasteiger partial charge in [0, 0.05) is 34.8 Å². The number of nitrogens with zero attached hydrogens (tertiary/aromatic N) is 1. The number of carbonyl (C=O) groups excluding carboxylic acids is 1. The molecule has 0 saturated heterocycles. The van der Waals surface area contributed by atoms with E-state index >= 15 is 0 Å². The van der Waals surface area contributed by atoms with Gasteiger partial charge in [0.1, 0.15) is 6.04 Å². The molecule has 0 aliphatic carbocycles. The molecule has 0 radical (unpaired) electrons. The molecule has 0 aromatic rings. The normalized spacial score (nSPS) is 13.1. The molecule has 5 nitrogen and oxygen atoms in total. The highest BCUT2D eigenvalue weighted by molar-refractivity contribution is 14.1. The van der Waals surface area contributed by atoms with Crippen molar-refractivity contribution in [2.24, 2.45) is 5.73 Å². The molecule has 0 aromatic carbocycles. The van der Waals surface area contributed by atoms with E-state index in [0.717, 1.165) is 0 Å². The van der Waals surface area contributed by atoms with Crippen molar-refractivity contribution >= 4 is 47.1 Å². The summed E-state index contributed by atoms with van der Waals surface area (Å²) in [6.07, 6.45) is 0.331. The average Bonchev–Trinajstić information content (AvgIpc) is 2.01. The van der Waals surface area contributed by atoms with Gasteiger partial charge in [-0.1, -0.05) is 0 Å². The van der Waals surface area contributed by atoms with Crippen LogP contribution in [0.5, 0.6) is 0 Å². The van der Waals surface area contributed by atoms with Crippen molar-refractivity contribution in [2.45, 2.75) is 45.2 Å². The van der Waals surface area contributed by atoms with Gasteiger partial charge in [-0.05, 0) is 27.2 Å². The number of carboxylic acids is 1. The molecule has 3 N–H and O–H groups in total. The molecule has 0 spiro atoms. The van der Waals surface area contributed by atoms with Crippen molar-refractivity contribution in [2.75, 3.05) is 0 Å². The van der Waals surface area contributed by atoms with Crippen molar-refractivity contribution in [3.05, 3.63) is 0 Å². The molecule has 1 atom stereocenters. The molecule has 0 bridgehead atoms. The minimum Gasteiger partial charge on any atom is -0.480 e. The van der Waals surface area contributed by atoms with Crippen molar-refractivity contribution in [1.82, 2.24) is 3.11 Å². The van der Waals surface area contributed by atoms with Crippen molar-refractivity contribution in [1.29, 1.82) is 0 Å². The minimum absolute atomic E-state index is 0. The van der Waals surface area contributed by atoms with E-state index in [0.29, 0.717) is 0 Å². The van der Waals surface area contributed by atoms with Crippen LogP contribution in [0.2, 0.25) is 0 Å². The summed E-state index contributed by atoms with van der Waals surface area (Å²) < 4.78 is 1.70. The first-order valence-electron chi connectivity index (χ1n) is 4.62. The van der Waals surface area contributed by atoms with Crippen LogP contribution in [0.4, 0.5) is 0 Å². The molecule has 96 valence electrons.